The van der Waals surface area contributed by atoms with Gasteiger partial charge in [-0.25, -0.2) is 0 Å². The van der Waals surface area contributed by atoms with Crippen LogP contribution in [0.1, 0.15) is 21.8 Å². The molecule has 0 spiro atoms. The second-order valence-corrected chi connectivity index (χ2v) is 5.23. The Morgan fingerprint density at radius 2 is 1.83 bits per heavy atom. The van der Waals surface area contributed by atoms with Gasteiger partial charge in [-0.1, -0.05) is 17.3 Å². The van der Waals surface area contributed by atoms with Crippen molar-refractivity contribution in [2.45, 2.75) is 13.8 Å². The van der Waals surface area contributed by atoms with Crippen molar-refractivity contribution >= 4 is 11.6 Å². The summed E-state index contributed by atoms with van der Waals surface area (Å²) in [5, 5.41) is 6.44. The average molecular weight is 308 g/mol. The maximum Gasteiger partial charge on any atom is 0.294 e. The molecule has 5 heteroatoms. The Labute approximate surface area is 133 Å². The molecule has 3 aromatic rings. The Balaban J connectivity index is 1.66. The van der Waals surface area contributed by atoms with E-state index < -0.39 is 0 Å². The number of amides is 1. The fourth-order valence-corrected chi connectivity index (χ4v) is 2.08. The molecule has 0 bridgehead atoms. The van der Waals surface area contributed by atoms with Crippen LogP contribution < -0.4 is 10.1 Å². The molecule has 1 heterocycles. The van der Waals surface area contributed by atoms with Crippen LogP contribution in [0.4, 0.5) is 5.69 Å². The van der Waals surface area contributed by atoms with Crippen LogP contribution in [0.3, 0.4) is 0 Å². The molecule has 5 nitrogen and oxygen atoms in total. The normalized spacial score (nSPS) is 10.3. The summed E-state index contributed by atoms with van der Waals surface area (Å²) in [5.74, 6) is 1.32. The monoisotopic (exact) mass is 308 g/mol. The van der Waals surface area contributed by atoms with E-state index in [1.165, 1.54) is 0 Å². The van der Waals surface area contributed by atoms with E-state index in [1.807, 2.05) is 31.2 Å². The molecule has 23 heavy (non-hydrogen) atoms. The van der Waals surface area contributed by atoms with Crippen molar-refractivity contribution in [3.05, 3.63) is 71.6 Å². The number of aromatic nitrogens is 1. The Bertz CT molecular complexity index is 822. The predicted molar refractivity (Wildman–Crippen MR) is 86.9 cm³/mol. The van der Waals surface area contributed by atoms with Gasteiger partial charge in [0.1, 0.15) is 11.5 Å². The standard InChI is InChI=1S/C18H16N2O3/c1-12-4-3-5-16(10-12)22-15-8-6-14(7-9-15)19-18(21)17-11-13(2)20-23-17/h3-11H,1-2H3,(H,19,21). The number of hydrogen-bond donors (Lipinski definition) is 1. The highest BCUT2D eigenvalue weighted by Gasteiger charge is 2.11. The van der Waals surface area contributed by atoms with Crippen LogP contribution in [-0.4, -0.2) is 11.1 Å². The van der Waals surface area contributed by atoms with Gasteiger partial charge in [-0.05, 0) is 55.8 Å². The second-order valence-electron chi connectivity index (χ2n) is 5.23. The Morgan fingerprint density at radius 1 is 1.04 bits per heavy atom. The molecule has 0 fully saturated rings. The summed E-state index contributed by atoms with van der Waals surface area (Å²) in [6.45, 7) is 3.77. The molecule has 0 unspecified atom stereocenters. The molecule has 0 saturated carbocycles. The Kier molecular flexibility index (Phi) is 4.10. The summed E-state index contributed by atoms with van der Waals surface area (Å²) in [4.78, 5) is 12.0. The van der Waals surface area contributed by atoms with Gasteiger partial charge in [0.05, 0.1) is 5.69 Å². The van der Waals surface area contributed by atoms with Gasteiger partial charge in [-0.2, -0.15) is 0 Å². The van der Waals surface area contributed by atoms with Crippen molar-refractivity contribution in [1.82, 2.24) is 5.16 Å². The number of anilines is 1. The molecule has 1 amide bonds. The van der Waals surface area contributed by atoms with Crippen molar-refractivity contribution in [2.24, 2.45) is 0 Å². The third-order valence-electron chi connectivity index (χ3n) is 3.19. The number of carbonyl (C=O) groups is 1. The molecule has 0 saturated heterocycles. The minimum Gasteiger partial charge on any atom is -0.457 e. The van der Waals surface area contributed by atoms with Crippen LogP contribution in [0.15, 0.2) is 59.1 Å². The highest BCUT2D eigenvalue weighted by atomic mass is 16.5. The first kappa shape index (κ1) is 14.8. The summed E-state index contributed by atoms with van der Waals surface area (Å²) < 4.78 is 10.7. The second kappa shape index (κ2) is 6.36. The average Bonchev–Trinajstić information content (AvgIpc) is 2.96. The zero-order valence-electron chi connectivity index (χ0n) is 12.9. The van der Waals surface area contributed by atoms with Crippen LogP contribution in [-0.2, 0) is 0 Å². The largest absolute Gasteiger partial charge is 0.457 e. The van der Waals surface area contributed by atoms with Crippen molar-refractivity contribution < 1.29 is 14.1 Å². The number of carbonyl (C=O) groups excluding carboxylic acids is 1. The molecule has 1 aromatic heterocycles. The van der Waals surface area contributed by atoms with E-state index in [2.05, 4.69) is 10.5 Å². The summed E-state index contributed by atoms with van der Waals surface area (Å²) >= 11 is 0. The summed E-state index contributed by atoms with van der Waals surface area (Å²) in [5.41, 5.74) is 2.45. The number of benzene rings is 2. The fourth-order valence-electron chi connectivity index (χ4n) is 2.08. The van der Waals surface area contributed by atoms with Crippen LogP contribution in [0.25, 0.3) is 0 Å². The van der Waals surface area contributed by atoms with Crippen LogP contribution in [0.5, 0.6) is 11.5 Å². The molecule has 0 aliphatic heterocycles. The molecule has 0 aliphatic rings. The van der Waals surface area contributed by atoms with E-state index in [4.69, 9.17) is 9.26 Å². The summed E-state index contributed by atoms with van der Waals surface area (Å²) in [6.07, 6.45) is 0. The molecule has 0 radical (unpaired) electrons. The lowest BCUT2D eigenvalue weighted by molar-refractivity contribution is 0.0988. The maximum atomic E-state index is 12.0. The molecule has 116 valence electrons. The molecule has 0 aliphatic carbocycles. The number of aryl methyl sites for hydroxylation is 2. The number of nitrogens with one attached hydrogen (secondary N) is 1. The van der Waals surface area contributed by atoms with Gasteiger partial charge in [0, 0.05) is 11.8 Å². The van der Waals surface area contributed by atoms with Crippen molar-refractivity contribution in [1.29, 1.82) is 0 Å². The number of ether oxygens (including phenoxy) is 1. The molecular weight excluding hydrogens is 292 g/mol. The third kappa shape index (κ3) is 3.77. The molecule has 0 atom stereocenters. The van der Waals surface area contributed by atoms with Gasteiger partial charge in [0.15, 0.2) is 0 Å². The first-order valence-electron chi connectivity index (χ1n) is 7.19. The van der Waals surface area contributed by atoms with Gasteiger partial charge in [0.25, 0.3) is 5.91 Å². The van der Waals surface area contributed by atoms with Gasteiger partial charge in [-0.3, -0.25) is 4.79 Å². The van der Waals surface area contributed by atoms with E-state index in [0.717, 1.165) is 11.3 Å². The van der Waals surface area contributed by atoms with E-state index in [-0.39, 0.29) is 11.7 Å². The van der Waals surface area contributed by atoms with Gasteiger partial charge in [0.2, 0.25) is 5.76 Å². The molecule has 2 aromatic carbocycles. The van der Waals surface area contributed by atoms with Crippen molar-refractivity contribution in [3.8, 4) is 11.5 Å². The minimum atomic E-state index is -0.335. The summed E-state index contributed by atoms with van der Waals surface area (Å²) in [7, 11) is 0. The Hall–Kier alpha value is -3.08. The molecular formula is C18H16N2O3. The van der Waals surface area contributed by atoms with E-state index in [9.17, 15) is 4.79 Å². The van der Waals surface area contributed by atoms with E-state index in [1.54, 1.807) is 37.3 Å². The highest BCUT2D eigenvalue weighted by molar-refractivity contribution is 6.02. The van der Waals surface area contributed by atoms with Gasteiger partial charge >= 0.3 is 0 Å². The lowest BCUT2D eigenvalue weighted by Gasteiger charge is -2.08. The lowest BCUT2D eigenvalue weighted by Crippen LogP contribution is -2.10. The third-order valence-corrected chi connectivity index (χ3v) is 3.19. The van der Waals surface area contributed by atoms with Crippen molar-refractivity contribution in [2.75, 3.05) is 5.32 Å². The topological polar surface area (TPSA) is 64.4 Å². The van der Waals surface area contributed by atoms with Crippen LogP contribution >= 0.6 is 0 Å². The smallest absolute Gasteiger partial charge is 0.294 e. The predicted octanol–water partition coefficient (Wildman–Crippen LogP) is 4.34. The summed E-state index contributed by atoms with van der Waals surface area (Å²) in [6, 6.07) is 16.5. The fraction of sp³-hybridized carbons (Fsp3) is 0.111. The highest BCUT2D eigenvalue weighted by Crippen LogP contribution is 2.23. The maximum absolute atomic E-state index is 12.0. The Morgan fingerprint density at radius 3 is 2.48 bits per heavy atom. The van der Waals surface area contributed by atoms with Gasteiger partial charge in [-0.15, -0.1) is 0 Å². The zero-order valence-corrected chi connectivity index (χ0v) is 12.9. The first-order valence-corrected chi connectivity index (χ1v) is 7.19. The van der Waals surface area contributed by atoms with Gasteiger partial charge < -0.3 is 14.6 Å². The van der Waals surface area contributed by atoms with Crippen molar-refractivity contribution in [3.63, 3.8) is 0 Å². The first-order chi connectivity index (χ1) is 11.1. The molecule has 1 N–H and O–H groups in total. The SMILES string of the molecule is Cc1cccc(Oc2ccc(NC(=O)c3cc(C)no3)cc2)c1. The quantitative estimate of drug-likeness (QED) is 0.779. The van der Waals surface area contributed by atoms with Crippen LogP contribution in [0.2, 0.25) is 0 Å². The number of hydrogen-bond acceptors (Lipinski definition) is 4. The van der Waals surface area contributed by atoms with E-state index in [0.29, 0.717) is 17.1 Å². The molecule has 3 rings (SSSR count). The lowest BCUT2D eigenvalue weighted by atomic mass is 10.2. The van der Waals surface area contributed by atoms with Crippen LogP contribution in [0, 0.1) is 13.8 Å². The number of rotatable bonds is 4. The minimum absolute atomic E-state index is 0.183. The zero-order chi connectivity index (χ0) is 16.2. The number of nitrogens with zero attached hydrogens (tertiary/aromatic N) is 1. The van der Waals surface area contributed by atoms with E-state index >= 15 is 0 Å².